The molecule has 0 saturated carbocycles. The molecule has 0 aliphatic carbocycles. The van der Waals surface area contributed by atoms with Crippen LogP contribution < -0.4 is 11.1 Å². The van der Waals surface area contributed by atoms with E-state index in [1.165, 1.54) is 0 Å². The van der Waals surface area contributed by atoms with Crippen molar-refractivity contribution in [2.75, 3.05) is 12.3 Å². The third kappa shape index (κ3) is 3.31. The molecule has 0 fully saturated rings. The van der Waals surface area contributed by atoms with E-state index in [0.717, 1.165) is 17.7 Å². The summed E-state index contributed by atoms with van der Waals surface area (Å²) in [6.07, 6.45) is 4.00. The molecule has 1 heterocycles. The Morgan fingerprint density at radius 3 is 2.44 bits per heavy atom. The van der Waals surface area contributed by atoms with Crippen LogP contribution in [0, 0.1) is 0 Å². The number of anilines is 1. The van der Waals surface area contributed by atoms with Crippen molar-refractivity contribution in [1.29, 1.82) is 0 Å². The fraction of sp³-hybridized carbons (Fsp3) is 0.143. The van der Waals surface area contributed by atoms with Crippen LogP contribution in [0.1, 0.15) is 15.9 Å². The first-order valence-electron chi connectivity index (χ1n) is 5.78. The topological polar surface area (TPSA) is 68.0 Å². The summed E-state index contributed by atoms with van der Waals surface area (Å²) < 4.78 is 0. The van der Waals surface area contributed by atoms with Crippen molar-refractivity contribution in [2.24, 2.45) is 0 Å². The highest BCUT2D eigenvalue weighted by Gasteiger charge is 2.03. The van der Waals surface area contributed by atoms with Crippen molar-refractivity contribution >= 4 is 11.6 Å². The van der Waals surface area contributed by atoms with Crippen molar-refractivity contribution in [3.05, 3.63) is 59.9 Å². The maximum Gasteiger partial charge on any atom is 0.251 e. The molecular weight excluding hydrogens is 226 g/mol. The van der Waals surface area contributed by atoms with Crippen LogP contribution in [0.5, 0.6) is 0 Å². The van der Waals surface area contributed by atoms with Gasteiger partial charge in [-0.25, -0.2) is 0 Å². The van der Waals surface area contributed by atoms with Crippen molar-refractivity contribution in [1.82, 2.24) is 10.3 Å². The molecule has 0 bridgehead atoms. The molecule has 0 aliphatic rings. The molecular formula is C14H15N3O. The van der Waals surface area contributed by atoms with E-state index in [1.54, 1.807) is 24.5 Å². The van der Waals surface area contributed by atoms with Crippen LogP contribution in [0.3, 0.4) is 0 Å². The van der Waals surface area contributed by atoms with E-state index in [0.29, 0.717) is 12.1 Å². The van der Waals surface area contributed by atoms with Gasteiger partial charge in [-0.15, -0.1) is 0 Å². The molecule has 0 radical (unpaired) electrons. The Balaban J connectivity index is 1.82. The average Bonchev–Trinajstić information content (AvgIpc) is 2.42. The minimum Gasteiger partial charge on any atom is -0.399 e. The van der Waals surface area contributed by atoms with Crippen molar-refractivity contribution in [3.8, 4) is 0 Å². The zero-order valence-electron chi connectivity index (χ0n) is 9.97. The summed E-state index contributed by atoms with van der Waals surface area (Å²) >= 11 is 0. The fourth-order valence-corrected chi connectivity index (χ4v) is 1.61. The quantitative estimate of drug-likeness (QED) is 0.799. The van der Waals surface area contributed by atoms with Gasteiger partial charge in [0.2, 0.25) is 0 Å². The van der Waals surface area contributed by atoms with Gasteiger partial charge < -0.3 is 11.1 Å². The number of nitrogens with zero attached hydrogens (tertiary/aromatic N) is 1. The predicted molar refractivity (Wildman–Crippen MR) is 71.1 cm³/mol. The Morgan fingerprint density at radius 1 is 1.11 bits per heavy atom. The minimum absolute atomic E-state index is 0.0761. The first-order valence-corrected chi connectivity index (χ1v) is 5.78. The Hall–Kier alpha value is -2.36. The number of pyridine rings is 1. The van der Waals surface area contributed by atoms with E-state index in [-0.39, 0.29) is 5.91 Å². The number of hydrogen-bond donors (Lipinski definition) is 2. The number of benzene rings is 1. The van der Waals surface area contributed by atoms with Crippen LogP contribution in [0.15, 0.2) is 48.8 Å². The van der Waals surface area contributed by atoms with Crippen LogP contribution in [-0.4, -0.2) is 17.4 Å². The van der Waals surface area contributed by atoms with Crippen molar-refractivity contribution in [3.63, 3.8) is 0 Å². The number of nitrogens with two attached hydrogens (primary N) is 1. The number of amides is 1. The number of rotatable bonds is 4. The van der Waals surface area contributed by atoms with Gasteiger partial charge in [0.1, 0.15) is 0 Å². The Kier molecular flexibility index (Phi) is 3.91. The van der Waals surface area contributed by atoms with Gasteiger partial charge in [0.15, 0.2) is 0 Å². The molecule has 0 saturated heterocycles. The van der Waals surface area contributed by atoms with E-state index in [2.05, 4.69) is 10.3 Å². The molecule has 0 aliphatic heterocycles. The van der Waals surface area contributed by atoms with E-state index in [9.17, 15) is 4.79 Å². The summed E-state index contributed by atoms with van der Waals surface area (Å²) in [5.41, 5.74) is 8.13. The molecule has 4 nitrogen and oxygen atoms in total. The lowest BCUT2D eigenvalue weighted by Gasteiger charge is -2.05. The standard InChI is InChI=1S/C14H15N3O/c15-13-3-1-11(2-4-13)5-10-17-14(18)12-6-8-16-9-7-12/h1-4,6-9H,5,10,15H2,(H,17,18). The Morgan fingerprint density at radius 2 is 1.78 bits per heavy atom. The molecule has 1 aromatic carbocycles. The van der Waals surface area contributed by atoms with Crippen LogP contribution in [0.25, 0.3) is 0 Å². The number of nitrogens with one attached hydrogen (secondary N) is 1. The molecule has 2 rings (SSSR count). The summed E-state index contributed by atoms with van der Waals surface area (Å²) in [6.45, 7) is 0.602. The highest BCUT2D eigenvalue weighted by molar-refractivity contribution is 5.93. The summed E-state index contributed by atoms with van der Waals surface area (Å²) in [4.78, 5) is 15.6. The minimum atomic E-state index is -0.0761. The molecule has 0 unspecified atom stereocenters. The highest BCUT2D eigenvalue weighted by atomic mass is 16.1. The second-order valence-corrected chi connectivity index (χ2v) is 3.98. The van der Waals surface area contributed by atoms with Gasteiger partial charge in [-0.1, -0.05) is 12.1 Å². The molecule has 2 aromatic rings. The smallest absolute Gasteiger partial charge is 0.251 e. The normalized spacial score (nSPS) is 10.0. The lowest BCUT2D eigenvalue weighted by molar-refractivity contribution is 0.0954. The lowest BCUT2D eigenvalue weighted by atomic mass is 10.1. The van der Waals surface area contributed by atoms with Crippen molar-refractivity contribution < 1.29 is 4.79 Å². The van der Waals surface area contributed by atoms with Gasteiger partial charge in [-0.3, -0.25) is 9.78 Å². The van der Waals surface area contributed by atoms with Gasteiger partial charge >= 0.3 is 0 Å². The van der Waals surface area contributed by atoms with Gasteiger partial charge in [0.25, 0.3) is 5.91 Å². The second kappa shape index (κ2) is 5.82. The van der Waals surface area contributed by atoms with E-state index < -0.39 is 0 Å². The summed E-state index contributed by atoms with van der Waals surface area (Å²) in [5.74, 6) is -0.0761. The van der Waals surface area contributed by atoms with Crippen LogP contribution in [0.2, 0.25) is 0 Å². The highest BCUT2D eigenvalue weighted by Crippen LogP contribution is 2.05. The molecule has 3 N–H and O–H groups in total. The number of hydrogen-bond acceptors (Lipinski definition) is 3. The number of nitrogen functional groups attached to an aromatic ring is 1. The predicted octanol–water partition coefficient (Wildman–Crippen LogP) is 1.64. The van der Waals surface area contributed by atoms with E-state index in [1.807, 2.05) is 24.3 Å². The third-order valence-corrected chi connectivity index (χ3v) is 2.62. The zero-order valence-corrected chi connectivity index (χ0v) is 9.97. The second-order valence-electron chi connectivity index (χ2n) is 3.98. The van der Waals surface area contributed by atoms with Gasteiger partial charge in [0.05, 0.1) is 0 Å². The molecule has 4 heteroatoms. The zero-order chi connectivity index (χ0) is 12.8. The number of carbonyl (C=O) groups is 1. The summed E-state index contributed by atoms with van der Waals surface area (Å²) in [5, 5.41) is 2.86. The van der Waals surface area contributed by atoms with Gasteiger partial charge in [-0.2, -0.15) is 0 Å². The van der Waals surface area contributed by atoms with Gasteiger partial charge in [-0.05, 0) is 36.2 Å². The average molecular weight is 241 g/mol. The molecule has 92 valence electrons. The Bertz CT molecular complexity index is 508. The number of aromatic nitrogens is 1. The number of carbonyl (C=O) groups excluding carboxylic acids is 1. The van der Waals surface area contributed by atoms with E-state index >= 15 is 0 Å². The first-order chi connectivity index (χ1) is 8.75. The molecule has 0 atom stereocenters. The molecule has 0 spiro atoms. The van der Waals surface area contributed by atoms with Crippen molar-refractivity contribution in [2.45, 2.75) is 6.42 Å². The first kappa shape index (κ1) is 12.1. The van der Waals surface area contributed by atoms with Crippen LogP contribution >= 0.6 is 0 Å². The van der Waals surface area contributed by atoms with E-state index in [4.69, 9.17) is 5.73 Å². The monoisotopic (exact) mass is 241 g/mol. The SMILES string of the molecule is Nc1ccc(CCNC(=O)c2ccncc2)cc1. The van der Waals surface area contributed by atoms with Gasteiger partial charge in [0, 0.05) is 30.2 Å². The summed E-state index contributed by atoms with van der Waals surface area (Å²) in [6, 6.07) is 11.0. The fourth-order valence-electron chi connectivity index (χ4n) is 1.61. The maximum absolute atomic E-state index is 11.7. The Labute approximate surface area is 106 Å². The maximum atomic E-state index is 11.7. The largest absolute Gasteiger partial charge is 0.399 e. The molecule has 18 heavy (non-hydrogen) atoms. The van der Waals surface area contributed by atoms with Crippen LogP contribution in [0.4, 0.5) is 5.69 Å². The third-order valence-electron chi connectivity index (χ3n) is 2.62. The van der Waals surface area contributed by atoms with Crippen LogP contribution in [-0.2, 0) is 6.42 Å². The molecule has 1 amide bonds. The summed E-state index contributed by atoms with van der Waals surface area (Å²) in [7, 11) is 0. The lowest BCUT2D eigenvalue weighted by Crippen LogP contribution is -2.25. The molecule has 1 aromatic heterocycles.